The Morgan fingerprint density at radius 1 is 1.42 bits per heavy atom. The lowest BCUT2D eigenvalue weighted by Gasteiger charge is -1.96. The van der Waals surface area contributed by atoms with Crippen LogP contribution in [0.4, 0.5) is 4.39 Å². The molecule has 0 atom stereocenters. The van der Waals surface area contributed by atoms with Crippen LogP contribution in [0.15, 0.2) is 29.3 Å². The van der Waals surface area contributed by atoms with Gasteiger partial charge in [-0.1, -0.05) is 24.3 Å². The lowest BCUT2D eigenvalue weighted by atomic mass is 10.1. The van der Waals surface area contributed by atoms with Crippen molar-refractivity contribution in [1.82, 2.24) is 0 Å². The first kappa shape index (κ1) is 8.62. The summed E-state index contributed by atoms with van der Waals surface area (Å²) in [4.78, 5) is 13.2. The molecule has 0 aromatic heterocycles. The molecule has 1 aromatic carbocycles. The SMILES string of the molecule is O=C=NCc1cccc(CF)c1. The van der Waals surface area contributed by atoms with Crippen molar-refractivity contribution in [3.05, 3.63) is 35.4 Å². The Labute approximate surface area is 69.7 Å². The summed E-state index contributed by atoms with van der Waals surface area (Å²) in [5.41, 5.74) is 1.43. The third-order valence-electron chi connectivity index (χ3n) is 1.47. The fourth-order valence-corrected chi connectivity index (χ4v) is 0.935. The molecule has 0 saturated carbocycles. The van der Waals surface area contributed by atoms with Gasteiger partial charge in [-0.15, -0.1) is 0 Å². The van der Waals surface area contributed by atoms with Gasteiger partial charge in [-0.2, -0.15) is 0 Å². The molecule has 0 spiro atoms. The summed E-state index contributed by atoms with van der Waals surface area (Å²) in [7, 11) is 0. The summed E-state index contributed by atoms with van der Waals surface area (Å²) in [6.07, 6.45) is 1.43. The molecular weight excluding hydrogens is 157 g/mol. The zero-order valence-corrected chi connectivity index (χ0v) is 6.46. The van der Waals surface area contributed by atoms with Gasteiger partial charge in [-0.25, -0.2) is 14.2 Å². The van der Waals surface area contributed by atoms with Crippen molar-refractivity contribution in [3.63, 3.8) is 0 Å². The topological polar surface area (TPSA) is 29.4 Å². The molecule has 0 aliphatic rings. The lowest BCUT2D eigenvalue weighted by molar-refractivity contribution is 0.485. The summed E-state index contributed by atoms with van der Waals surface area (Å²) >= 11 is 0. The van der Waals surface area contributed by atoms with Crippen LogP contribution in [0.1, 0.15) is 11.1 Å². The van der Waals surface area contributed by atoms with Gasteiger partial charge in [-0.3, -0.25) is 0 Å². The van der Waals surface area contributed by atoms with E-state index in [0.717, 1.165) is 5.56 Å². The first-order chi connectivity index (χ1) is 5.86. The number of rotatable bonds is 3. The number of carbonyl (C=O) groups excluding carboxylic acids is 1. The lowest BCUT2D eigenvalue weighted by Crippen LogP contribution is -1.84. The Morgan fingerprint density at radius 2 is 2.17 bits per heavy atom. The molecular formula is C9H8FNO. The normalized spacial score (nSPS) is 9.08. The van der Waals surface area contributed by atoms with E-state index in [1.54, 1.807) is 24.3 Å². The van der Waals surface area contributed by atoms with Gasteiger partial charge in [0, 0.05) is 0 Å². The van der Waals surface area contributed by atoms with Gasteiger partial charge in [0.2, 0.25) is 6.08 Å². The predicted octanol–water partition coefficient (Wildman–Crippen LogP) is 1.99. The highest BCUT2D eigenvalue weighted by atomic mass is 19.1. The van der Waals surface area contributed by atoms with Crippen molar-refractivity contribution in [3.8, 4) is 0 Å². The van der Waals surface area contributed by atoms with E-state index in [1.165, 1.54) is 6.08 Å². The number of hydrogen-bond donors (Lipinski definition) is 0. The van der Waals surface area contributed by atoms with Crippen molar-refractivity contribution in [1.29, 1.82) is 0 Å². The van der Waals surface area contributed by atoms with Crippen LogP contribution in [-0.2, 0) is 18.0 Å². The summed E-state index contributed by atoms with van der Waals surface area (Å²) < 4.78 is 12.1. The van der Waals surface area contributed by atoms with E-state index in [2.05, 4.69) is 4.99 Å². The van der Waals surface area contributed by atoms with Crippen LogP contribution < -0.4 is 0 Å². The smallest absolute Gasteiger partial charge is 0.235 e. The van der Waals surface area contributed by atoms with E-state index in [1.807, 2.05) is 0 Å². The standard InChI is InChI=1S/C9H8FNO/c10-5-8-2-1-3-9(4-8)6-11-7-12/h1-4H,5-6H2. The van der Waals surface area contributed by atoms with E-state index in [0.29, 0.717) is 5.56 Å². The fraction of sp³-hybridized carbons (Fsp3) is 0.222. The van der Waals surface area contributed by atoms with Gasteiger partial charge >= 0.3 is 0 Å². The van der Waals surface area contributed by atoms with Gasteiger partial charge < -0.3 is 0 Å². The molecule has 0 aliphatic carbocycles. The largest absolute Gasteiger partial charge is 0.246 e. The van der Waals surface area contributed by atoms with Gasteiger partial charge in [0.15, 0.2) is 0 Å². The Hall–Kier alpha value is -1.47. The molecule has 0 heterocycles. The average Bonchev–Trinajstić information content (AvgIpc) is 2.15. The van der Waals surface area contributed by atoms with Gasteiger partial charge in [0.1, 0.15) is 6.67 Å². The van der Waals surface area contributed by atoms with Crippen LogP contribution in [0.5, 0.6) is 0 Å². The predicted molar refractivity (Wildman–Crippen MR) is 43.1 cm³/mol. The molecule has 3 heteroatoms. The molecule has 0 unspecified atom stereocenters. The van der Waals surface area contributed by atoms with Crippen molar-refractivity contribution in [2.75, 3.05) is 0 Å². The second kappa shape index (κ2) is 4.42. The molecule has 0 amide bonds. The van der Waals surface area contributed by atoms with E-state index in [9.17, 15) is 9.18 Å². The first-order valence-corrected chi connectivity index (χ1v) is 3.54. The van der Waals surface area contributed by atoms with E-state index in [-0.39, 0.29) is 6.54 Å². The molecule has 0 N–H and O–H groups in total. The maximum absolute atomic E-state index is 12.1. The molecule has 0 fully saturated rings. The molecule has 1 aromatic rings. The van der Waals surface area contributed by atoms with Crippen LogP contribution in [-0.4, -0.2) is 6.08 Å². The molecule has 0 radical (unpaired) electrons. The maximum Gasteiger partial charge on any atom is 0.235 e. The minimum atomic E-state index is -0.487. The molecule has 62 valence electrons. The van der Waals surface area contributed by atoms with Crippen molar-refractivity contribution in [2.24, 2.45) is 4.99 Å². The van der Waals surface area contributed by atoms with Crippen LogP contribution in [0.2, 0.25) is 0 Å². The van der Waals surface area contributed by atoms with Gasteiger partial charge in [0.25, 0.3) is 0 Å². The van der Waals surface area contributed by atoms with E-state index >= 15 is 0 Å². The quantitative estimate of drug-likeness (QED) is 0.497. The molecule has 0 bridgehead atoms. The highest BCUT2D eigenvalue weighted by Crippen LogP contribution is 2.07. The van der Waals surface area contributed by atoms with Crippen molar-refractivity contribution < 1.29 is 9.18 Å². The number of hydrogen-bond acceptors (Lipinski definition) is 2. The average molecular weight is 165 g/mol. The molecule has 0 aliphatic heterocycles. The van der Waals surface area contributed by atoms with Crippen LogP contribution >= 0.6 is 0 Å². The van der Waals surface area contributed by atoms with Crippen LogP contribution in [0.3, 0.4) is 0 Å². The zero-order chi connectivity index (χ0) is 8.81. The third-order valence-corrected chi connectivity index (χ3v) is 1.47. The molecule has 2 nitrogen and oxygen atoms in total. The Kier molecular flexibility index (Phi) is 3.17. The number of nitrogens with zero attached hydrogens (tertiary/aromatic N) is 1. The van der Waals surface area contributed by atoms with Crippen molar-refractivity contribution >= 4 is 6.08 Å². The Morgan fingerprint density at radius 3 is 2.83 bits per heavy atom. The highest BCUT2D eigenvalue weighted by Gasteiger charge is 1.93. The van der Waals surface area contributed by atoms with E-state index < -0.39 is 6.67 Å². The Balaban J connectivity index is 2.78. The minimum absolute atomic E-state index is 0.275. The number of aliphatic imine (C=N–C) groups is 1. The molecule has 1 rings (SSSR count). The van der Waals surface area contributed by atoms with Gasteiger partial charge in [0.05, 0.1) is 6.54 Å². The monoisotopic (exact) mass is 165 g/mol. The second-order valence-corrected chi connectivity index (χ2v) is 2.36. The van der Waals surface area contributed by atoms with Crippen LogP contribution in [0, 0.1) is 0 Å². The maximum atomic E-state index is 12.1. The third kappa shape index (κ3) is 2.29. The highest BCUT2D eigenvalue weighted by molar-refractivity contribution is 5.34. The van der Waals surface area contributed by atoms with Gasteiger partial charge in [-0.05, 0) is 11.1 Å². The minimum Gasteiger partial charge on any atom is -0.246 e. The fourth-order valence-electron chi connectivity index (χ4n) is 0.935. The molecule has 12 heavy (non-hydrogen) atoms. The second-order valence-electron chi connectivity index (χ2n) is 2.36. The molecule has 0 saturated heterocycles. The summed E-state index contributed by atoms with van der Waals surface area (Å²) in [6.45, 7) is -0.212. The first-order valence-electron chi connectivity index (χ1n) is 3.54. The Bertz CT molecular complexity index is 305. The zero-order valence-electron chi connectivity index (χ0n) is 6.46. The van der Waals surface area contributed by atoms with Crippen molar-refractivity contribution in [2.45, 2.75) is 13.2 Å². The number of halogens is 1. The van der Waals surface area contributed by atoms with Crippen LogP contribution in [0.25, 0.3) is 0 Å². The number of benzene rings is 1. The summed E-state index contributed by atoms with van der Waals surface area (Å²) in [5, 5.41) is 0. The number of isocyanates is 1. The summed E-state index contributed by atoms with van der Waals surface area (Å²) in [5.74, 6) is 0. The van der Waals surface area contributed by atoms with E-state index in [4.69, 9.17) is 0 Å². The summed E-state index contributed by atoms with van der Waals surface area (Å²) in [6, 6.07) is 6.90. The number of alkyl halides is 1.